The fourth-order valence-electron chi connectivity index (χ4n) is 4.82. The molecule has 4 fully saturated rings. The summed E-state index contributed by atoms with van der Waals surface area (Å²) in [6.45, 7) is 2.02. The topological polar surface area (TPSA) is 267 Å². The molecule has 4 saturated heterocycles. The van der Waals surface area contributed by atoms with Crippen LogP contribution in [0.4, 0.5) is 0 Å². The van der Waals surface area contributed by atoms with Crippen LogP contribution in [-0.4, -0.2) is 175 Å². The Balaban J connectivity index is 1.53. The molecule has 4 aliphatic rings. The highest BCUT2D eigenvalue weighted by Gasteiger charge is 2.52. The molecule has 0 saturated carbocycles. The van der Waals surface area contributed by atoms with E-state index < -0.39 is 117 Å². The molecule has 0 unspecified atom stereocenters. The Hall–Kier alpha value is -0.680. The zero-order chi connectivity index (χ0) is 28.8. The van der Waals surface area contributed by atoms with Crippen molar-refractivity contribution in [3.8, 4) is 0 Å². The van der Waals surface area contributed by atoms with Crippen molar-refractivity contribution >= 4 is 0 Å². The molecule has 0 aromatic rings. The van der Waals surface area contributed by atoms with Crippen molar-refractivity contribution in [1.82, 2.24) is 0 Å². The maximum absolute atomic E-state index is 11.2. The summed E-state index contributed by atoms with van der Waals surface area (Å²) in [4.78, 5) is 0. The first-order valence-corrected chi connectivity index (χ1v) is 12.6. The standard InChI is InChI=1S/C22H38O17/c1-5-9(24)13(28)15(30)21(36-5)39-18-12(27)8(37-20-14(29)11(26)7(23)3-33-20)4-34-22(18)38-17-10(25)6(2)35-19(32)16(17)31/h5-32H,3-4H2,1-2H3/t5-,6-,7-,8-,9-,10-,11+,12+,13+,14-,15-,16-,17+,18-,19-,20+,21+,22+/m1/s1. The molecule has 10 N–H and O–H groups in total. The van der Waals surface area contributed by atoms with E-state index >= 15 is 0 Å². The summed E-state index contributed by atoms with van der Waals surface area (Å²) in [5, 5.41) is 102. The average molecular weight is 575 g/mol. The molecule has 17 nitrogen and oxygen atoms in total. The van der Waals surface area contributed by atoms with Crippen LogP contribution in [0.15, 0.2) is 0 Å². The van der Waals surface area contributed by atoms with E-state index in [0.29, 0.717) is 0 Å². The number of rotatable bonds is 6. The molecule has 0 spiro atoms. The number of aliphatic hydroxyl groups is 10. The summed E-state index contributed by atoms with van der Waals surface area (Å²) in [7, 11) is 0. The molecule has 0 aromatic heterocycles. The molecule has 18 atom stereocenters. The summed E-state index contributed by atoms with van der Waals surface area (Å²) in [5.74, 6) is 0. The molecular weight excluding hydrogens is 536 g/mol. The maximum atomic E-state index is 11.2. The molecule has 0 bridgehead atoms. The van der Waals surface area contributed by atoms with Gasteiger partial charge in [-0.2, -0.15) is 0 Å². The average Bonchev–Trinajstić information content (AvgIpc) is 2.90. The minimum atomic E-state index is -1.79. The van der Waals surface area contributed by atoms with E-state index in [1.807, 2.05) is 0 Å². The van der Waals surface area contributed by atoms with E-state index in [1.165, 1.54) is 13.8 Å². The Morgan fingerprint density at radius 2 is 1.08 bits per heavy atom. The SMILES string of the molecule is C[C@H]1O[C@@H](O[C@H]2[C@H](O[C@@H]3[C@@H](O)[C@H](O)O[C@H](C)[C@H]3O)OC[C@@H](O[C@@H]3OC[C@@H](O)[C@H](O)[C@H]3O)[C@@H]2O)[C@H](O)[C@@H](O)[C@@H]1O. The van der Waals surface area contributed by atoms with E-state index in [9.17, 15) is 51.1 Å². The van der Waals surface area contributed by atoms with Gasteiger partial charge >= 0.3 is 0 Å². The van der Waals surface area contributed by atoms with Crippen molar-refractivity contribution < 1.29 is 84.2 Å². The van der Waals surface area contributed by atoms with Crippen molar-refractivity contribution in [2.24, 2.45) is 0 Å². The first kappa shape index (κ1) is 31.3. The summed E-state index contributed by atoms with van der Waals surface area (Å²) in [6.07, 6.45) is -27.3. The van der Waals surface area contributed by atoms with Crippen molar-refractivity contribution in [2.75, 3.05) is 13.2 Å². The third-order valence-corrected chi connectivity index (χ3v) is 7.36. The van der Waals surface area contributed by atoms with Crippen LogP contribution in [0.2, 0.25) is 0 Å². The molecule has 4 rings (SSSR count). The van der Waals surface area contributed by atoms with Crippen molar-refractivity contribution in [1.29, 1.82) is 0 Å². The second-order valence-corrected chi connectivity index (χ2v) is 10.2. The number of ether oxygens (including phenoxy) is 7. The Kier molecular flexibility index (Phi) is 10.2. The predicted molar refractivity (Wildman–Crippen MR) is 119 cm³/mol. The zero-order valence-electron chi connectivity index (χ0n) is 21.1. The largest absolute Gasteiger partial charge is 0.388 e. The van der Waals surface area contributed by atoms with Gasteiger partial charge in [0.25, 0.3) is 0 Å². The molecule has 0 aromatic carbocycles. The molecule has 0 radical (unpaired) electrons. The maximum Gasteiger partial charge on any atom is 0.187 e. The number of aliphatic hydroxyl groups excluding tert-OH is 10. The van der Waals surface area contributed by atoms with Gasteiger partial charge in [-0.05, 0) is 13.8 Å². The normalized spacial score (nSPS) is 55.4. The fraction of sp³-hybridized carbons (Fsp3) is 1.00. The van der Waals surface area contributed by atoms with E-state index in [2.05, 4.69) is 0 Å². The van der Waals surface area contributed by atoms with E-state index in [4.69, 9.17) is 33.2 Å². The van der Waals surface area contributed by atoms with Crippen molar-refractivity contribution in [3.05, 3.63) is 0 Å². The summed E-state index contributed by atoms with van der Waals surface area (Å²) in [5.41, 5.74) is 0. The van der Waals surface area contributed by atoms with Gasteiger partial charge in [-0.25, -0.2) is 0 Å². The summed E-state index contributed by atoms with van der Waals surface area (Å²) < 4.78 is 38.4. The zero-order valence-corrected chi connectivity index (χ0v) is 21.1. The van der Waals surface area contributed by atoms with Crippen LogP contribution in [0.25, 0.3) is 0 Å². The molecule has 17 heteroatoms. The van der Waals surface area contributed by atoms with Gasteiger partial charge in [0.05, 0.1) is 25.4 Å². The van der Waals surface area contributed by atoms with Gasteiger partial charge < -0.3 is 84.2 Å². The van der Waals surface area contributed by atoms with Crippen molar-refractivity contribution in [3.63, 3.8) is 0 Å². The highest BCUT2D eigenvalue weighted by molar-refractivity contribution is 4.94. The lowest BCUT2D eigenvalue weighted by molar-refractivity contribution is -0.384. The second kappa shape index (κ2) is 12.7. The van der Waals surface area contributed by atoms with Crippen LogP contribution >= 0.6 is 0 Å². The lowest BCUT2D eigenvalue weighted by atomic mass is 9.98. The predicted octanol–water partition coefficient (Wildman–Crippen LogP) is -6.42. The Morgan fingerprint density at radius 1 is 0.487 bits per heavy atom. The smallest absolute Gasteiger partial charge is 0.187 e. The molecule has 0 aliphatic carbocycles. The van der Waals surface area contributed by atoms with E-state index in [0.717, 1.165) is 0 Å². The molecule has 4 heterocycles. The Labute approximate surface area is 222 Å². The van der Waals surface area contributed by atoms with Gasteiger partial charge in [0, 0.05) is 0 Å². The second-order valence-electron chi connectivity index (χ2n) is 10.2. The van der Waals surface area contributed by atoms with Crippen LogP contribution in [0.1, 0.15) is 13.8 Å². The van der Waals surface area contributed by atoms with Gasteiger partial charge in [-0.15, -0.1) is 0 Å². The number of hydrogen-bond acceptors (Lipinski definition) is 17. The molecular formula is C22H38O17. The van der Waals surface area contributed by atoms with Crippen LogP contribution < -0.4 is 0 Å². The van der Waals surface area contributed by atoms with E-state index in [1.54, 1.807) is 0 Å². The van der Waals surface area contributed by atoms with Crippen molar-refractivity contribution in [2.45, 2.75) is 124 Å². The van der Waals surface area contributed by atoms with Gasteiger partial charge in [-0.3, -0.25) is 0 Å². The molecule has 228 valence electrons. The van der Waals surface area contributed by atoms with E-state index in [-0.39, 0.29) is 6.61 Å². The monoisotopic (exact) mass is 574 g/mol. The molecule has 4 aliphatic heterocycles. The third kappa shape index (κ3) is 6.40. The first-order valence-electron chi connectivity index (χ1n) is 12.6. The lowest BCUT2D eigenvalue weighted by Gasteiger charge is -2.47. The summed E-state index contributed by atoms with van der Waals surface area (Å²) >= 11 is 0. The van der Waals surface area contributed by atoms with Crippen LogP contribution in [0, 0.1) is 0 Å². The minimum Gasteiger partial charge on any atom is -0.388 e. The Morgan fingerprint density at radius 3 is 1.77 bits per heavy atom. The molecule has 0 amide bonds. The molecule has 39 heavy (non-hydrogen) atoms. The quantitative estimate of drug-likeness (QED) is 0.141. The highest BCUT2D eigenvalue weighted by Crippen LogP contribution is 2.32. The van der Waals surface area contributed by atoms with Crippen LogP contribution in [0.3, 0.4) is 0 Å². The number of hydrogen-bond donors (Lipinski definition) is 10. The highest BCUT2D eigenvalue weighted by atomic mass is 16.8. The van der Waals surface area contributed by atoms with Gasteiger partial charge in [0.1, 0.15) is 73.2 Å². The van der Waals surface area contributed by atoms with Crippen LogP contribution in [0.5, 0.6) is 0 Å². The minimum absolute atomic E-state index is 0.377. The van der Waals surface area contributed by atoms with Crippen LogP contribution in [-0.2, 0) is 33.2 Å². The summed E-state index contributed by atoms with van der Waals surface area (Å²) in [6, 6.07) is 0. The van der Waals surface area contributed by atoms with Gasteiger partial charge in [-0.1, -0.05) is 0 Å². The fourth-order valence-corrected chi connectivity index (χ4v) is 4.82. The third-order valence-electron chi connectivity index (χ3n) is 7.36. The first-order chi connectivity index (χ1) is 18.3. The lowest BCUT2D eigenvalue weighted by Crippen LogP contribution is -2.65. The Bertz CT molecular complexity index is 778. The van der Waals surface area contributed by atoms with Gasteiger partial charge in [0.15, 0.2) is 25.2 Å². The van der Waals surface area contributed by atoms with Gasteiger partial charge in [0.2, 0.25) is 0 Å².